The Morgan fingerprint density at radius 3 is 2.55 bits per heavy atom. The number of likely N-dealkylation sites (tertiary alicyclic amines) is 1. The van der Waals surface area contributed by atoms with Crippen molar-refractivity contribution in [1.29, 1.82) is 0 Å². The normalized spacial score (nSPS) is 14.5. The van der Waals surface area contributed by atoms with Gasteiger partial charge in [-0.15, -0.1) is 0 Å². The van der Waals surface area contributed by atoms with E-state index in [2.05, 4.69) is 9.97 Å². The van der Waals surface area contributed by atoms with Crippen molar-refractivity contribution in [1.82, 2.24) is 24.0 Å². The van der Waals surface area contributed by atoms with Crippen LogP contribution in [0.4, 0.5) is 16.0 Å². The van der Waals surface area contributed by atoms with Crippen LogP contribution in [0, 0.1) is 5.95 Å². The molecule has 5 heterocycles. The van der Waals surface area contributed by atoms with E-state index in [-0.39, 0.29) is 43.1 Å². The molecule has 0 saturated carbocycles. The van der Waals surface area contributed by atoms with E-state index < -0.39 is 17.5 Å². The average molecular weight is 606 g/mol. The Kier molecular flexibility index (Phi) is 9.73. The molecule has 3 aromatic heterocycles. The van der Waals surface area contributed by atoms with Crippen LogP contribution in [0.3, 0.4) is 0 Å². The largest absolute Gasteiger partial charge is 0.383 e. The molecule has 0 N–H and O–H groups in total. The van der Waals surface area contributed by atoms with Gasteiger partial charge in [0.2, 0.25) is 11.9 Å². The zero-order valence-corrected chi connectivity index (χ0v) is 25.0. The number of hydrogen-bond donors (Lipinski definition) is 0. The van der Waals surface area contributed by atoms with Gasteiger partial charge in [0.15, 0.2) is 0 Å². The first-order valence-corrected chi connectivity index (χ1v) is 14.9. The highest BCUT2D eigenvalue weighted by Gasteiger charge is 2.27. The van der Waals surface area contributed by atoms with E-state index in [1.54, 1.807) is 18.3 Å². The number of nitrogens with zero attached hydrogens (tertiary/aromatic N) is 7. The Morgan fingerprint density at radius 2 is 1.86 bits per heavy atom. The number of carbonyl (C=O) groups excluding carboxylic acids is 2. The van der Waals surface area contributed by atoms with Crippen LogP contribution in [0.2, 0.25) is 0 Å². The van der Waals surface area contributed by atoms with Crippen LogP contribution in [0.1, 0.15) is 60.5 Å². The van der Waals surface area contributed by atoms with Crippen molar-refractivity contribution in [3.05, 3.63) is 80.1 Å². The molecular weight excluding hydrogens is 569 g/mol. The molecule has 0 atom stereocenters. The van der Waals surface area contributed by atoms with Crippen molar-refractivity contribution >= 4 is 29.2 Å². The minimum absolute atomic E-state index is 0.118. The van der Waals surface area contributed by atoms with Gasteiger partial charge < -0.3 is 9.64 Å². The Hall–Kier alpha value is -4.52. The second-order valence-electron chi connectivity index (χ2n) is 10.8. The van der Waals surface area contributed by atoms with E-state index in [0.29, 0.717) is 67.4 Å². The molecule has 44 heavy (non-hydrogen) atoms. The van der Waals surface area contributed by atoms with E-state index in [1.165, 1.54) is 33.4 Å². The van der Waals surface area contributed by atoms with Crippen molar-refractivity contribution in [2.75, 3.05) is 38.3 Å². The average Bonchev–Trinajstić information content (AvgIpc) is 3.48. The number of piperidine rings is 1. The van der Waals surface area contributed by atoms with Gasteiger partial charge >= 0.3 is 5.69 Å². The molecule has 232 valence electrons. The highest BCUT2D eigenvalue weighted by molar-refractivity contribution is 6.07. The molecule has 0 radical (unpaired) electrons. The maximum atomic E-state index is 13.5. The van der Waals surface area contributed by atoms with Crippen LogP contribution in [0.15, 0.2) is 51.2 Å². The fraction of sp³-hybridized carbons (Fsp3) is 0.452. The van der Waals surface area contributed by atoms with E-state index in [0.717, 1.165) is 18.9 Å². The number of pyridine rings is 2. The molecule has 5 rings (SSSR count). The zero-order chi connectivity index (χ0) is 31.2. The van der Waals surface area contributed by atoms with Crippen LogP contribution >= 0.6 is 0 Å². The maximum absolute atomic E-state index is 13.5. The standard InChI is InChI=1S/C31H36FN7O5/c1-3-12-38-28-23(30(42)39(31(38)43)16-17-44-2)18-24(35-28)21-9-11-26(34-19-21)37(29(41)22-8-10-25(32)33-20-22)15-6-14-36-13-5-4-7-27(36)40/h8-11,19-20H,3-7,12-18H2,1-2H3. The van der Waals surface area contributed by atoms with E-state index in [4.69, 9.17) is 9.73 Å². The number of rotatable bonds is 12. The van der Waals surface area contributed by atoms with Crippen LogP contribution in [0.5, 0.6) is 0 Å². The first-order valence-electron chi connectivity index (χ1n) is 14.9. The van der Waals surface area contributed by atoms with Crippen molar-refractivity contribution in [2.45, 2.75) is 58.5 Å². The van der Waals surface area contributed by atoms with Crippen LogP contribution in [0.25, 0.3) is 0 Å². The van der Waals surface area contributed by atoms with Gasteiger partial charge in [0.05, 0.1) is 30.0 Å². The summed E-state index contributed by atoms with van der Waals surface area (Å²) in [6.07, 6.45) is 6.62. The molecule has 0 aliphatic carbocycles. The number of ether oxygens (including phenoxy) is 1. The summed E-state index contributed by atoms with van der Waals surface area (Å²) in [5.41, 5.74) is 1.10. The van der Waals surface area contributed by atoms with Crippen molar-refractivity contribution in [3.63, 3.8) is 0 Å². The SMILES string of the molecule is CCCn1c2c(c(=O)n(CCOC)c1=O)CC(c1ccc(N(CCCN3CCCCC3=O)C(=O)c3ccc(F)nc3)nc1)=N2. The monoisotopic (exact) mass is 605 g/mol. The molecule has 2 amide bonds. The van der Waals surface area contributed by atoms with Gasteiger partial charge in [-0.1, -0.05) is 6.92 Å². The quantitative estimate of drug-likeness (QED) is 0.290. The zero-order valence-electron chi connectivity index (χ0n) is 25.0. The lowest BCUT2D eigenvalue weighted by molar-refractivity contribution is -0.133. The maximum Gasteiger partial charge on any atom is 0.332 e. The third-order valence-electron chi connectivity index (χ3n) is 7.85. The molecule has 0 spiro atoms. The van der Waals surface area contributed by atoms with E-state index in [1.807, 2.05) is 11.8 Å². The molecule has 12 nitrogen and oxygen atoms in total. The van der Waals surface area contributed by atoms with Crippen LogP contribution in [-0.4, -0.2) is 74.9 Å². The third kappa shape index (κ3) is 6.52. The van der Waals surface area contributed by atoms with Gasteiger partial charge in [0, 0.05) is 64.1 Å². The first kappa shape index (κ1) is 30.9. The number of aromatic nitrogens is 4. The number of amides is 2. The molecule has 13 heteroatoms. The Labute approximate surface area is 253 Å². The fourth-order valence-corrected chi connectivity index (χ4v) is 5.55. The molecule has 1 fully saturated rings. The number of hydrogen-bond acceptors (Lipinski definition) is 8. The predicted molar refractivity (Wildman–Crippen MR) is 162 cm³/mol. The molecular formula is C31H36FN7O5. The van der Waals surface area contributed by atoms with E-state index >= 15 is 0 Å². The smallest absolute Gasteiger partial charge is 0.332 e. The molecule has 1 saturated heterocycles. The molecule has 2 aliphatic heterocycles. The lowest BCUT2D eigenvalue weighted by Crippen LogP contribution is -2.42. The fourth-order valence-electron chi connectivity index (χ4n) is 5.55. The van der Waals surface area contributed by atoms with Gasteiger partial charge in [0.1, 0.15) is 11.6 Å². The Balaban J connectivity index is 1.40. The highest BCUT2D eigenvalue weighted by Crippen LogP contribution is 2.26. The lowest BCUT2D eigenvalue weighted by Gasteiger charge is -2.28. The summed E-state index contributed by atoms with van der Waals surface area (Å²) < 4.78 is 21.3. The summed E-state index contributed by atoms with van der Waals surface area (Å²) in [6.45, 7) is 4.25. The predicted octanol–water partition coefficient (Wildman–Crippen LogP) is 2.72. The van der Waals surface area contributed by atoms with Crippen molar-refractivity contribution in [3.8, 4) is 0 Å². The lowest BCUT2D eigenvalue weighted by atomic mass is 10.1. The van der Waals surface area contributed by atoms with Gasteiger partial charge in [-0.05, 0) is 49.9 Å². The minimum atomic E-state index is -0.688. The first-order chi connectivity index (χ1) is 21.3. The second-order valence-corrected chi connectivity index (χ2v) is 10.8. The topological polar surface area (TPSA) is 132 Å². The summed E-state index contributed by atoms with van der Waals surface area (Å²) in [5.74, 6) is -0.232. The van der Waals surface area contributed by atoms with E-state index in [9.17, 15) is 23.6 Å². The van der Waals surface area contributed by atoms with Gasteiger partial charge in [-0.3, -0.25) is 28.4 Å². The number of carbonyl (C=O) groups is 2. The molecule has 0 aromatic carbocycles. The van der Waals surface area contributed by atoms with Crippen LogP contribution < -0.4 is 16.1 Å². The number of methoxy groups -OCH3 is 1. The van der Waals surface area contributed by atoms with Crippen molar-refractivity contribution in [2.24, 2.45) is 4.99 Å². The third-order valence-corrected chi connectivity index (χ3v) is 7.85. The number of anilines is 1. The van der Waals surface area contributed by atoms with Crippen LogP contribution in [-0.2, 0) is 29.0 Å². The summed E-state index contributed by atoms with van der Waals surface area (Å²) in [7, 11) is 1.52. The summed E-state index contributed by atoms with van der Waals surface area (Å²) >= 11 is 0. The second kappa shape index (κ2) is 13.8. The Morgan fingerprint density at radius 1 is 1.02 bits per heavy atom. The molecule has 2 aliphatic rings. The van der Waals surface area contributed by atoms with Gasteiger partial charge in [0.25, 0.3) is 11.5 Å². The number of halogens is 1. The molecule has 0 bridgehead atoms. The molecule has 0 unspecified atom stereocenters. The summed E-state index contributed by atoms with van der Waals surface area (Å²) in [5, 5.41) is 0. The van der Waals surface area contributed by atoms with Gasteiger partial charge in [-0.2, -0.15) is 4.39 Å². The van der Waals surface area contributed by atoms with Crippen molar-refractivity contribution < 1.29 is 18.7 Å². The summed E-state index contributed by atoms with van der Waals surface area (Å²) in [4.78, 5) is 68.3. The highest BCUT2D eigenvalue weighted by atomic mass is 19.1. The summed E-state index contributed by atoms with van der Waals surface area (Å²) in [6, 6.07) is 5.97. The minimum Gasteiger partial charge on any atom is -0.383 e. The number of fused-ring (bicyclic) bond motifs is 1. The molecule has 3 aromatic rings. The Bertz CT molecular complexity index is 1660. The van der Waals surface area contributed by atoms with Gasteiger partial charge in [-0.25, -0.2) is 19.8 Å². The number of aliphatic imine (C=N–C) groups is 1.